The summed E-state index contributed by atoms with van der Waals surface area (Å²) in [5, 5.41) is 0. The Morgan fingerprint density at radius 2 is 0.587 bits per heavy atom. The lowest BCUT2D eigenvalue weighted by Gasteiger charge is -2.18. The lowest BCUT2D eigenvalue weighted by Crippen LogP contribution is -2.30. The summed E-state index contributed by atoms with van der Waals surface area (Å²) in [5.41, 5.74) is 0. The zero-order valence-electron chi connectivity index (χ0n) is 41.6. The highest BCUT2D eigenvalue weighted by Crippen LogP contribution is 2.14. The Balaban J connectivity index is 4.35. The van der Waals surface area contributed by atoms with Gasteiger partial charge in [0.25, 0.3) is 0 Å². The summed E-state index contributed by atoms with van der Waals surface area (Å²) in [6, 6.07) is 0. The molecule has 0 aliphatic rings. The smallest absolute Gasteiger partial charge is 0.306 e. The fourth-order valence-electron chi connectivity index (χ4n) is 7.37. The Morgan fingerprint density at radius 1 is 0.317 bits per heavy atom. The number of esters is 3. The van der Waals surface area contributed by atoms with E-state index in [0.717, 1.165) is 96.3 Å². The van der Waals surface area contributed by atoms with Crippen molar-refractivity contribution in [3.05, 3.63) is 60.8 Å². The van der Waals surface area contributed by atoms with Gasteiger partial charge in [0.15, 0.2) is 6.10 Å². The molecule has 0 N–H and O–H groups in total. The summed E-state index contributed by atoms with van der Waals surface area (Å²) in [5.74, 6) is -0.913. The molecule has 0 bridgehead atoms. The highest BCUT2D eigenvalue weighted by atomic mass is 16.6. The molecule has 0 rings (SSSR count). The van der Waals surface area contributed by atoms with Crippen molar-refractivity contribution in [1.82, 2.24) is 0 Å². The molecule has 63 heavy (non-hydrogen) atoms. The molecule has 0 amide bonds. The van der Waals surface area contributed by atoms with Crippen LogP contribution >= 0.6 is 0 Å². The molecule has 0 aromatic carbocycles. The third kappa shape index (κ3) is 50.0. The van der Waals surface area contributed by atoms with Gasteiger partial charge in [0.2, 0.25) is 0 Å². The minimum Gasteiger partial charge on any atom is -0.462 e. The van der Waals surface area contributed by atoms with E-state index >= 15 is 0 Å². The van der Waals surface area contributed by atoms with Gasteiger partial charge < -0.3 is 14.2 Å². The minimum atomic E-state index is -0.786. The van der Waals surface area contributed by atoms with Gasteiger partial charge in [-0.05, 0) is 103 Å². The van der Waals surface area contributed by atoms with Crippen molar-refractivity contribution in [3.63, 3.8) is 0 Å². The SMILES string of the molecule is CCCC/C=C\CCCCCCCC(=O)OCC(COC(=O)CCCCCCCC/C=C\C/C=C\C/C=C\CCCCCCC)OC(=O)CCCCCCC/C=C\CCCCCC. The number of hydrogen-bond donors (Lipinski definition) is 0. The van der Waals surface area contributed by atoms with E-state index in [0.29, 0.717) is 19.3 Å². The van der Waals surface area contributed by atoms with Crippen LogP contribution in [0.2, 0.25) is 0 Å². The van der Waals surface area contributed by atoms with Crippen molar-refractivity contribution >= 4 is 17.9 Å². The number of rotatable bonds is 48. The number of carbonyl (C=O) groups excluding carboxylic acids is 3. The highest BCUT2D eigenvalue weighted by Gasteiger charge is 2.19. The molecule has 0 aliphatic carbocycles. The van der Waals surface area contributed by atoms with Crippen molar-refractivity contribution in [2.75, 3.05) is 13.2 Å². The molecule has 0 saturated heterocycles. The second-order valence-corrected chi connectivity index (χ2v) is 17.8. The Kier molecular flexibility index (Phi) is 49.4. The van der Waals surface area contributed by atoms with Crippen molar-refractivity contribution in [3.8, 4) is 0 Å². The van der Waals surface area contributed by atoms with Crippen LogP contribution in [0, 0.1) is 0 Å². The van der Waals surface area contributed by atoms with Gasteiger partial charge in [0, 0.05) is 19.3 Å². The fraction of sp³-hybridized carbons (Fsp3) is 0.772. The molecule has 1 unspecified atom stereocenters. The average molecular weight is 881 g/mol. The van der Waals surface area contributed by atoms with Crippen LogP contribution in [0.4, 0.5) is 0 Å². The van der Waals surface area contributed by atoms with E-state index in [9.17, 15) is 14.4 Å². The van der Waals surface area contributed by atoms with E-state index in [1.807, 2.05) is 0 Å². The largest absolute Gasteiger partial charge is 0.462 e. The van der Waals surface area contributed by atoms with Crippen LogP contribution in [-0.4, -0.2) is 37.2 Å². The van der Waals surface area contributed by atoms with Gasteiger partial charge in [-0.3, -0.25) is 14.4 Å². The van der Waals surface area contributed by atoms with Gasteiger partial charge in [-0.25, -0.2) is 0 Å². The van der Waals surface area contributed by atoms with Crippen molar-refractivity contribution in [2.45, 2.75) is 271 Å². The van der Waals surface area contributed by atoms with E-state index in [2.05, 4.69) is 81.5 Å². The minimum absolute atomic E-state index is 0.0861. The molecule has 0 heterocycles. The van der Waals surface area contributed by atoms with Gasteiger partial charge in [-0.1, -0.05) is 204 Å². The van der Waals surface area contributed by atoms with E-state index in [1.165, 1.54) is 128 Å². The number of allylic oxidation sites excluding steroid dienone is 10. The molecule has 0 aromatic rings. The number of unbranched alkanes of at least 4 members (excludes halogenated alkanes) is 27. The first-order valence-electron chi connectivity index (χ1n) is 26.8. The maximum Gasteiger partial charge on any atom is 0.306 e. The summed E-state index contributed by atoms with van der Waals surface area (Å²) in [6.45, 7) is 6.55. The Morgan fingerprint density at radius 3 is 0.968 bits per heavy atom. The van der Waals surface area contributed by atoms with Crippen LogP contribution < -0.4 is 0 Å². The molecular weight excluding hydrogens is 781 g/mol. The van der Waals surface area contributed by atoms with Crippen LogP contribution in [0.25, 0.3) is 0 Å². The normalized spacial score (nSPS) is 12.5. The van der Waals surface area contributed by atoms with Gasteiger partial charge >= 0.3 is 17.9 Å². The summed E-state index contributed by atoms with van der Waals surface area (Å²) in [7, 11) is 0. The van der Waals surface area contributed by atoms with Crippen LogP contribution in [0.1, 0.15) is 265 Å². The first kappa shape index (κ1) is 60.1. The number of ether oxygens (including phenoxy) is 3. The highest BCUT2D eigenvalue weighted by molar-refractivity contribution is 5.71. The average Bonchev–Trinajstić information content (AvgIpc) is 3.28. The Bertz CT molecular complexity index is 1150. The molecule has 6 nitrogen and oxygen atoms in total. The van der Waals surface area contributed by atoms with Crippen LogP contribution in [0.5, 0.6) is 0 Å². The maximum absolute atomic E-state index is 12.8. The molecule has 6 heteroatoms. The van der Waals surface area contributed by atoms with Crippen molar-refractivity contribution in [2.24, 2.45) is 0 Å². The zero-order chi connectivity index (χ0) is 45.8. The summed E-state index contributed by atoms with van der Waals surface area (Å²) in [6.07, 6.45) is 63.5. The first-order chi connectivity index (χ1) is 31.0. The Labute approximate surface area is 390 Å². The third-order valence-electron chi connectivity index (χ3n) is 11.5. The number of hydrogen-bond acceptors (Lipinski definition) is 6. The van der Waals surface area contributed by atoms with E-state index in [1.54, 1.807) is 0 Å². The molecule has 0 fully saturated rings. The van der Waals surface area contributed by atoms with E-state index in [-0.39, 0.29) is 31.1 Å². The quantitative estimate of drug-likeness (QED) is 0.0262. The molecule has 0 spiro atoms. The van der Waals surface area contributed by atoms with Crippen molar-refractivity contribution < 1.29 is 28.6 Å². The molecule has 364 valence electrons. The first-order valence-corrected chi connectivity index (χ1v) is 26.8. The second-order valence-electron chi connectivity index (χ2n) is 17.8. The van der Waals surface area contributed by atoms with Gasteiger partial charge in [0.1, 0.15) is 13.2 Å². The lowest BCUT2D eigenvalue weighted by atomic mass is 10.1. The molecule has 0 aromatic heterocycles. The lowest BCUT2D eigenvalue weighted by molar-refractivity contribution is -0.167. The predicted octanol–water partition coefficient (Wildman–Crippen LogP) is 17.6. The maximum atomic E-state index is 12.8. The number of carbonyl (C=O) groups is 3. The fourth-order valence-corrected chi connectivity index (χ4v) is 7.37. The monoisotopic (exact) mass is 881 g/mol. The van der Waals surface area contributed by atoms with Crippen LogP contribution in [0.3, 0.4) is 0 Å². The van der Waals surface area contributed by atoms with Crippen LogP contribution in [0.15, 0.2) is 60.8 Å². The van der Waals surface area contributed by atoms with E-state index in [4.69, 9.17) is 14.2 Å². The summed E-state index contributed by atoms with van der Waals surface area (Å²) < 4.78 is 16.8. The standard InChI is InChI=1S/C57H100O6/c1-4-7-10-13-16-19-22-24-25-26-27-28-29-30-31-33-35-38-41-44-47-50-56(59)62-53-54(52-61-55(58)49-46-43-40-37-34-21-18-15-12-9-6-3)63-57(60)51-48-45-42-39-36-32-23-20-17-14-11-8-5-2/h15,18,20,22-24,26-27,29-30,54H,4-14,16-17,19,21,25,28,31-53H2,1-3H3/b18-15-,23-20-,24-22-,27-26-,30-29-. The molecule has 0 radical (unpaired) electrons. The molecular formula is C57H100O6. The van der Waals surface area contributed by atoms with Gasteiger partial charge in [-0.15, -0.1) is 0 Å². The van der Waals surface area contributed by atoms with Crippen LogP contribution in [-0.2, 0) is 28.6 Å². The topological polar surface area (TPSA) is 78.9 Å². The van der Waals surface area contributed by atoms with Gasteiger partial charge in [0.05, 0.1) is 0 Å². The zero-order valence-corrected chi connectivity index (χ0v) is 41.6. The molecule has 0 aliphatic heterocycles. The Hall–Kier alpha value is -2.89. The van der Waals surface area contributed by atoms with Crippen molar-refractivity contribution in [1.29, 1.82) is 0 Å². The van der Waals surface area contributed by atoms with E-state index < -0.39 is 6.10 Å². The molecule has 0 saturated carbocycles. The summed E-state index contributed by atoms with van der Waals surface area (Å²) >= 11 is 0. The summed E-state index contributed by atoms with van der Waals surface area (Å²) in [4.78, 5) is 38.0. The van der Waals surface area contributed by atoms with Gasteiger partial charge in [-0.2, -0.15) is 0 Å². The molecule has 1 atom stereocenters. The second kappa shape index (κ2) is 51.7. The predicted molar refractivity (Wildman–Crippen MR) is 270 cm³/mol. The third-order valence-corrected chi connectivity index (χ3v) is 11.5.